The van der Waals surface area contributed by atoms with Crippen molar-refractivity contribution in [3.8, 4) is 0 Å². The zero-order valence-electron chi connectivity index (χ0n) is 20.0. The van der Waals surface area contributed by atoms with Crippen LogP contribution in [-0.4, -0.2) is 78.4 Å². The Labute approximate surface area is 203 Å². The van der Waals surface area contributed by atoms with E-state index in [1.807, 2.05) is 20.3 Å². The molecule has 4 aromatic heterocycles. The van der Waals surface area contributed by atoms with Crippen LogP contribution in [-0.2, 0) is 17.8 Å². The number of anilines is 2. The summed E-state index contributed by atoms with van der Waals surface area (Å²) in [7, 11) is 0. The fourth-order valence-electron chi connectivity index (χ4n) is 4.45. The van der Waals surface area contributed by atoms with E-state index in [0.29, 0.717) is 42.5 Å². The van der Waals surface area contributed by atoms with Crippen molar-refractivity contribution in [2.45, 2.75) is 45.3 Å². The summed E-state index contributed by atoms with van der Waals surface area (Å²) in [6.07, 6.45) is 6.48. The molecule has 4 N–H and O–H groups in total. The zero-order valence-corrected chi connectivity index (χ0v) is 20.0. The van der Waals surface area contributed by atoms with E-state index in [-0.39, 0.29) is 12.6 Å². The molecule has 1 unspecified atom stereocenters. The summed E-state index contributed by atoms with van der Waals surface area (Å²) in [5, 5.41) is 22.3. The third kappa shape index (κ3) is 5.04. The Morgan fingerprint density at radius 3 is 3.00 bits per heavy atom. The van der Waals surface area contributed by atoms with Gasteiger partial charge in [0.1, 0.15) is 11.8 Å². The Bertz CT molecular complexity index is 1280. The smallest absolute Gasteiger partial charge is 0.222 e. The summed E-state index contributed by atoms with van der Waals surface area (Å²) in [4.78, 5) is 15.4. The van der Waals surface area contributed by atoms with Crippen LogP contribution in [0.5, 0.6) is 0 Å². The van der Waals surface area contributed by atoms with E-state index < -0.39 is 0 Å². The van der Waals surface area contributed by atoms with Gasteiger partial charge in [-0.05, 0) is 18.9 Å². The Morgan fingerprint density at radius 2 is 2.20 bits per heavy atom. The van der Waals surface area contributed by atoms with Gasteiger partial charge >= 0.3 is 0 Å². The number of nitrogens with one attached hydrogen (secondary N) is 1. The van der Waals surface area contributed by atoms with Crippen molar-refractivity contribution < 1.29 is 9.84 Å². The quantitative estimate of drug-likeness (QED) is 0.284. The minimum Gasteiger partial charge on any atom is -0.395 e. The molecule has 4 aromatic rings. The highest BCUT2D eigenvalue weighted by Gasteiger charge is 2.19. The SMILES string of the molecule is CCCCN(CCO)c1nc(N)nc2cn(Cc3ccc(CNC4CCOC4)n4ncnc34)nc12. The van der Waals surface area contributed by atoms with E-state index in [0.717, 1.165) is 55.9 Å². The molecular weight excluding hydrogens is 448 g/mol. The van der Waals surface area contributed by atoms with Gasteiger partial charge in [-0.3, -0.25) is 4.68 Å². The standard InChI is InChI=1S/C23H32N10O2/c1-2-3-7-31(8-9-34)22-20-19(28-23(24)29-22)13-32(30-20)12-16-4-5-18(33-21(16)26-15-27-33)11-25-17-6-10-35-14-17/h4-5,13,15,17,25,34H,2-3,6-12,14H2,1H3,(H2,24,28). The molecule has 186 valence electrons. The van der Waals surface area contributed by atoms with Gasteiger partial charge < -0.3 is 25.8 Å². The number of nitrogens with zero attached hydrogens (tertiary/aromatic N) is 8. The van der Waals surface area contributed by atoms with Crippen LogP contribution in [0, 0.1) is 0 Å². The van der Waals surface area contributed by atoms with Gasteiger partial charge in [0, 0.05) is 37.8 Å². The molecule has 1 aliphatic rings. The molecule has 0 amide bonds. The minimum atomic E-state index is 0.0235. The highest BCUT2D eigenvalue weighted by molar-refractivity contribution is 5.86. The zero-order chi connectivity index (χ0) is 24.2. The van der Waals surface area contributed by atoms with Crippen LogP contribution >= 0.6 is 0 Å². The minimum absolute atomic E-state index is 0.0235. The molecule has 1 saturated heterocycles. The molecule has 0 radical (unpaired) electrons. The number of aliphatic hydroxyl groups is 1. The van der Waals surface area contributed by atoms with Crippen LogP contribution in [0.1, 0.15) is 37.4 Å². The maximum absolute atomic E-state index is 9.57. The van der Waals surface area contributed by atoms with Crippen molar-refractivity contribution in [2.75, 3.05) is 43.5 Å². The Morgan fingerprint density at radius 1 is 1.29 bits per heavy atom. The molecule has 0 bridgehead atoms. The van der Waals surface area contributed by atoms with Gasteiger partial charge in [0.25, 0.3) is 0 Å². The lowest BCUT2D eigenvalue weighted by molar-refractivity contribution is 0.189. The molecule has 12 heteroatoms. The van der Waals surface area contributed by atoms with Crippen LogP contribution in [0.15, 0.2) is 24.7 Å². The Balaban J connectivity index is 1.42. The first-order valence-electron chi connectivity index (χ1n) is 12.1. The van der Waals surface area contributed by atoms with E-state index in [4.69, 9.17) is 15.6 Å². The molecule has 0 aliphatic carbocycles. The second-order valence-corrected chi connectivity index (χ2v) is 8.82. The van der Waals surface area contributed by atoms with Gasteiger partial charge in [0.15, 0.2) is 17.0 Å². The summed E-state index contributed by atoms with van der Waals surface area (Å²) in [5.74, 6) is 0.842. The maximum atomic E-state index is 9.57. The molecule has 1 atom stereocenters. The number of fused-ring (bicyclic) bond motifs is 2. The highest BCUT2D eigenvalue weighted by atomic mass is 16.5. The molecule has 35 heavy (non-hydrogen) atoms. The maximum Gasteiger partial charge on any atom is 0.222 e. The monoisotopic (exact) mass is 480 g/mol. The fourth-order valence-corrected chi connectivity index (χ4v) is 4.45. The van der Waals surface area contributed by atoms with E-state index in [1.165, 1.54) is 0 Å². The van der Waals surface area contributed by atoms with Crippen LogP contribution in [0.4, 0.5) is 11.8 Å². The molecule has 1 fully saturated rings. The van der Waals surface area contributed by atoms with Crippen molar-refractivity contribution in [1.29, 1.82) is 0 Å². The Kier molecular flexibility index (Phi) is 7.02. The van der Waals surface area contributed by atoms with E-state index >= 15 is 0 Å². The molecule has 5 rings (SSSR count). The fraction of sp³-hybridized carbons (Fsp3) is 0.522. The van der Waals surface area contributed by atoms with Gasteiger partial charge in [-0.2, -0.15) is 15.2 Å². The molecule has 0 saturated carbocycles. The van der Waals surface area contributed by atoms with E-state index in [2.05, 4.69) is 44.4 Å². The topological polar surface area (TPSA) is 145 Å². The second kappa shape index (κ2) is 10.5. The Hall–Kier alpha value is -3.35. The number of ether oxygens (including phenoxy) is 1. The van der Waals surface area contributed by atoms with Crippen LogP contribution in [0.2, 0.25) is 0 Å². The van der Waals surface area contributed by atoms with Gasteiger partial charge in [-0.15, -0.1) is 0 Å². The van der Waals surface area contributed by atoms with Crippen molar-refractivity contribution in [3.05, 3.63) is 35.9 Å². The van der Waals surface area contributed by atoms with Crippen LogP contribution in [0.25, 0.3) is 16.7 Å². The van der Waals surface area contributed by atoms with Crippen molar-refractivity contribution in [2.24, 2.45) is 0 Å². The van der Waals surface area contributed by atoms with Crippen LogP contribution < -0.4 is 16.0 Å². The molecule has 0 aromatic carbocycles. The molecule has 12 nitrogen and oxygen atoms in total. The third-order valence-electron chi connectivity index (χ3n) is 6.28. The predicted molar refractivity (Wildman–Crippen MR) is 132 cm³/mol. The van der Waals surface area contributed by atoms with Crippen LogP contribution in [0.3, 0.4) is 0 Å². The normalized spacial score (nSPS) is 16.0. The molecule has 1 aliphatic heterocycles. The number of rotatable bonds is 11. The highest BCUT2D eigenvalue weighted by Crippen LogP contribution is 2.24. The first-order chi connectivity index (χ1) is 17.2. The summed E-state index contributed by atoms with van der Waals surface area (Å²) in [6.45, 7) is 6.12. The number of aromatic nitrogens is 7. The lowest BCUT2D eigenvalue weighted by Gasteiger charge is -2.22. The van der Waals surface area contributed by atoms with Gasteiger partial charge in [-0.25, -0.2) is 14.5 Å². The number of aliphatic hydroxyl groups excluding tert-OH is 1. The molecule has 5 heterocycles. The average Bonchev–Trinajstić information content (AvgIpc) is 3.61. The first-order valence-corrected chi connectivity index (χ1v) is 12.1. The average molecular weight is 481 g/mol. The molecular formula is C23H32N10O2. The number of nitrogen functional groups attached to an aromatic ring is 1. The van der Waals surface area contributed by atoms with Gasteiger partial charge in [0.05, 0.1) is 31.6 Å². The number of pyridine rings is 1. The van der Waals surface area contributed by atoms with E-state index in [9.17, 15) is 5.11 Å². The third-order valence-corrected chi connectivity index (χ3v) is 6.28. The lowest BCUT2D eigenvalue weighted by Crippen LogP contribution is -2.29. The summed E-state index contributed by atoms with van der Waals surface area (Å²) < 4.78 is 9.16. The largest absolute Gasteiger partial charge is 0.395 e. The number of hydrogen-bond acceptors (Lipinski definition) is 10. The predicted octanol–water partition coefficient (Wildman–Crippen LogP) is 0.977. The summed E-state index contributed by atoms with van der Waals surface area (Å²) >= 11 is 0. The summed E-state index contributed by atoms with van der Waals surface area (Å²) in [5.41, 5.74) is 10.2. The van der Waals surface area contributed by atoms with Crippen molar-refractivity contribution in [1.82, 2.24) is 39.7 Å². The van der Waals surface area contributed by atoms with E-state index in [1.54, 1.807) is 6.33 Å². The number of hydrogen-bond donors (Lipinski definition) is 3. The van der Waals surface area contributed by atoms with Gasteiger partial charge in [0.2, 0.25) is 5.95 Å². The number of nitrogens with two attached hydrogens (primary N) is 1. The second-order valence-electron chi connectivity index (χ2n) is 8.82. The number of unbranched alkanes of at least 4 members (excludes halogenated alkanes) is 1. The molecule has 0 spiro atoms. The lowest BCUT2D eigenvalue weighted by atomic mass is 10.2. The van der Waals surface area contributed by atoms with Gasteiger partial charge in [-0.1, -0.05) is 19.4 Å². The van der Waals surface area contributed by atoms with Crippen molar-refractivity contribution in [3.63, 3.8) is 0 Å². The van der Waals surface area contributed by atoms with Crippen molar-refractivity contribution >= 4 is 28.4 Å². The summed E-state index contributed by atoms with van der Waals surface area (Å²) in [6, 6.07) is 4.51. The first kappa shape index (κ1) is 23.4.